The summed E-state index contributed by atoms with van der Waals surface area (Å²) in [4.78, 5) is 15.8. The lowest BCUT2D eigenvalue weighted by Crippen LogP contribution is -2.14. The van der Waals surface area contributed by atoms with Crippen molar-refractivity contribution in [3.05, 3.63) is 44.8 Å². The standard InChI is InChI=1S/C14H14BrNO3S/c1-10-16-12(9-20-10)8-14(17)19-7-6-18-13-4-2-11(15)3-5-13/h2-5,9H,6-8H2,1H3. The van der Waals surface area contributed by atoms with Crippen LogP contribution in [-0.2, 0) is 16.0 Å². The molecule has 0 aliphatic rings. The lowest BCUT2D eigenvalue weighted by Gasteiger charge is -2.07. The molecule has 0 unspecified atom stereocenters. The highest BCUT2D eigenvalue weighted by Crippen LogP contribution is 2.15. The van der Waals surface area contributed by atoms with E-state index in [2.05, 4.69) is 20.9 Å². The van der Waals surface area contributed by atoms with Gasteiger partial charge in [-0.2, -0.15) is 0 Å². The van der Waals surface area contributed by atoms with Gasteiger partial charge in [-0.15, -0.1) is 11.3 Å². The van der Waals surface area contributed by atoms with E-state index in [1.54, 1.807) is 0 Å². The number of halogens is 1. The molecule has 0 radical (unpaired) electrons. The van der Waals surface area contributed by atoms with Crippen LogP contribution in [0, 0.1) is 6.92 Å². The van der Waals surface area contributed by atoms with Crippen molar-refractivity contribution in [1.82, 2.24) is 4.98 Å². The summed E-state index contributed by atoms with van der Waals surface area (Å²) in [5.41, 5.74) is 0.756. The van der Waals surface area contributed by atoms with E-state index in [4.69, 9.17) is 9.47 Å². The molecule has 0 N–H and O–H groups in total. The van der Waals surface area contributed by atoms with Crippen LogP contribution in [0.15, 0.2) is 34.1 Å². The van der Waals surface area contributed by atoms with Gasteiger partial charge in [0.1, 0.15) is 19.0 Å². The van der Waals surface area contributed by atoms with Gasteiger partial charge < -0.3 is 9.47 Å². The van der Waals surface area contributed by atoms with Crippen LogP contribution in [0.3, 0.4) is 0 Å². The van der Waals surface area contributed by atoms with Gasteiger partial charge in [-0.25, -0.2) is 4.98 Å². The number of nitrogens with zero attached hydrogens (tertiary/aromatic N) is 1. The zero-order chi connectivity index (χ0) is 14.4. The van der Waals surface area contributed by atoms with Crippen molar-refractivity contribution in [2.75, 3.05) is 13.2 Å². The highest BCUT2D eigenvalue weighted by Gasteiger charge is 2.07. The van der Waals surface area contributed by atoms with Crippen LogP contribution < -0.4 is 4.74 Å². The smallest absolute Gasteiger partial charge is 0.312 e. The first-order chi connectivity index (χ1) is 9.63. The average Bonchev–Trinajstić information content (AvgIpc) is 2.82. The van der Waals surface area contributed by atoms with Crippen molar-refractivity contribution in [3.63, 3.8) is 0 Å². The topological polar surface area (TPSA) is 48.4 Å². The Kier molecular flexibility index (Phi) is 5.55. The van der Waals surface area contributed by atoms with E-state index in [0.717, 1.165) is 20.9 Å². The molecular formula is C14H14BrNO3S. The van der Waals surface area contributed by atoms with Gasteiger partial charge in [0.15, 0.2) is 0 Å². The number of aromatic nitrogens is 1. The molecule has 1 heterocycles. The number of aryl methyl sites for hydroxylation is 1. The Bertz CT molecular complexity index is 568. The molecule has 0 fully saturated rings. The normalized spacial score (nSPS) is 10.3. The van der Waals surface area contributed by atoms with Crippen molar-refractivity contribution in [2.24, 2.45) is 0 Å². The molecule has 2 rings (SSSR count). The zero-order valence-corrected chi connectivity index (χ0v) is 13.4. The SMILES string of the molecule is Cc1nc(CC(=O)OCCOc2ccc(Br)cc2)cs1. The molecule has 0 aliphatic carbocycles. The van der Waals surface area contributed by atoms with E-state index in [0.29, 0.717) is 6.61 Å². The van der Waals surface area contributed by atoms with Gasteiger partial charge in [0.2, 0.25) is 0 Å². The number of rotatable bonds is 6. The van der Waals surface area contributed by atoms with Crippen LogP contribution >= 0.6 is 27.3 Å². The quantitative estimate of drug-likeness (QED) is 0.588. The highest BCUT2D eigenvalue weighted by molar-refractivity contribution is 9.10. The predicted molar refractivity (Wildman–Crippen MR) is 81.2 cm³/mol. The molecule has 0 aliphatic heterocycles. The number of hydrogen-bond acceptors (Lipinski definition) is 5. The minimum atomic E-state index is -0.283. The van der Waals surface area contributed by atoms with Crippen molar-refractivity contribution in [1.29, 1.82) is 0 Å². The molecule has 2 aromatic rings. The first kappa shape index (κ1) is 15.0. The summed E-state index contributed by atoms with van der Waals surface area (Å²) >= 11 is 4.88. The number of carbonyl (C=O) groups is 1. The van der Waals surface area contributed by atoms with Gasteiger partial charge in [0.25, 0.3) is 0 Å². The highest BCUT2D eigenvalue weighted by atomic mass is 79.9. The molecule has 6 heteroatoms. The molecule has 0 saturated carbocycles. The molecule has 1 aromatic carbocycles. The summed E-state index contributed by atoms with van der Waals surface area (Å²) in [6.07, 6.45) is 0.211. The largest absolute Gasteiger partial charge is 0.490 e. The van der Waals surface area contributed by atoms with Gasteiger partial charge in [0, 0.05) is 9.85 Å². The minimum Gasteiger partial charge on any atom is -0.490 e. The fourth-order valence-corrected chi connectivity index (χ4v) is 2.41. The van der Waals surface area contributed by atoms with E-state index in [1.807, 2.05) is 36.6 Å². The predicted octanol–water partition coefficient (Wildman–Crippen LogP) is 3.38. The second-order valence-electron chi connectivity index (χ2n) is 4.06. The van der Waals surface area contributed by atoms with E-state index in [1.165, 1.54) is 11.3 Å². The molecule has 20 heavy (non-hydrogen) atoms. The maximum Gasteiger partial charge on any atom is 0.312 e. The number of ether oxygens (including phenoxy) is 2. The molecule has 0 bridgehead atoms. The summed E-state index contributed by atoms with van der Waals surface area (Å²) in [7, 11) is 0. The van der Waals surface area contributed by atoms with Crippen molar-refractivity contribution >= 4 is 33.2 Å². The van der Waals surface area contributed by atoms with Gasteiger partial charge >= 0.3 is 5.97 Å². The van der Waals surface area contributed by atoms with E-state index in [-0.39, 0.29) is 19.0 Å². The molecule has 0 amide bonds. The lowest BCUT2D eigenvalue weighted by molar-refractivity contribution is -0.143. The molecule has 106 valence electrons. The Morgan fingerprint density at radius 2 is 2.05 bits per heavy atom. The van der Waals surface area contributed by atoms with Crippen LogP contribution in [0.1, 0.15) is 10.7 Å². The Morgan fingerprint density at radius 1 is 1.30 bits per heavy atom. The Hall–Kier alpha value is -1.40. The Morgan fingerprint density at radius 3 is 2.70 bits per heavy atom. The number of esters is 1. The molecule has 1 aromatic heterocycles. The number of benzene rings is 1. The van der Waals surface area contributed by atoms with Crippen LogP contribution in [0.2, 0.25) is 0 Å². The molecular weight excluding hydrogens is 342 g/mol. The van der Waals surface area contributed by atoms with Gasteiger partial charge in [-0.3, -0.25) is 4.79 Å². The second-order valence-corrected chi connectivity index (χ2v) is 6.04. The third-order valence-corrected chi connectivity index (χ3v) is 3.77. The van der Waals surface area contributed by atoms with Crippen LogP contribution in [0.5, 0.6) is 5.75 Å². The molecule has 4 nitrogen and oxygen atoms in total. The van der Waals surface area contributed by atoms with Crippen molar-refractivity contribution in [2.45, 2.75) is 13.3 Å². The molecule has 0 spiro atoms. The fraction of sp³-hybridized carbons (Fsp3) is 0.286. The fourth-order valence-electron chi connectivity index (χ4n) is 1.53. The third-order valence-electron chi connectivity index (χ3n) is 2.42. The Labute approximate surface area is 129 Å². The summed E-state index contributed by atoms with van der Waals surface area (Å²) in [6, 6.07) is 7.49. The summed E-state index contributed by atoms with van der Waals surface area (Å²) in [5.74, 6) is 0.467. The average molecular weight is 356 g/mol. The van der Waals surface area contributed by atoms with E-state index >= 15 is 0 Å². The van der Waals surface area contributed by atoms with Crippen LogP contribution in [-0.4, -0.2) is 24.2 Å². The van der Waals surface area contributed by atoms with Crippen LogP contribution in [0.25, 0.3) is 0 Å². The summed E-state index contributed by atoms with van der Waals surface area (Å²) < 4.78 is 11.5. The maximum atomic E-state index is 11.6. The lowest BCUT2D eigenvalue weighted by atomic mass is 10.3. The van der Waals surface area contributed by atoms with Gasteiger partial charge in [-0.1, -0.05) is 15.9 Å². The summed E-state index contributed by atoms with van der Waals surface area (Å²) in [5, 5.41) is 2.82. The number of hydrogen-bond donors (Lipinski definition) is 0. The Balaban J connectivity index is 1.65. The molecule has 0 saturated heterocycles. The van der Waals surface area contributed by atoms with E-state index in [9.17, 15) is 4.79 Å². The first-order valence-corrected chi connectivity index (χ1v) is 7.76. The van der Waals surface area contributed by atoms with Gasteiger partial charge in [-0.05, 0) is 31.2 Å². The van der Waals surface area contributed by atoms with E-state index < -0.39 is 0 Å². The minimum absolute atomic E-state index is 0.211. The first-order valence-electron chi connectivity index (χ1n) is 6.08. The molecule has 0 atom stereocenters. The van der Waals surface area contributed by atoms with Crippen LogP contribution in [0.4, 0.5) is 0 Å². The maximum absolute atomic E-state index is 11.6. The summed E-state index contributed by atoms with van der Waals surface area (Å²) in [6.45, 7) is 2.48. The number of thiazole rings is 1. The van der Waals surface area contributed by atoms with Crippen molar-refractivity contribution in [3.8, 4) is 5.75 Å². The second kappa shape index (κ2) is 7.40. The van der Waals surface area contributed by atoms with Crippen molar-refractivity contribution < 1.29 is 14.3 Å². The zero-order valence-electron chi connectivity index (χ0n) is 11.0. The van der Waals surface area contributed by atoms with Gasteiger partial charge in [0.05, 0.1) is 17.1 Å². The monoisotopic (exact) mass is 355 g/mol. The number of carbonyl (C=O) groups excluding carboxylic acids is 1. The third kappa shape index (κ3) is 4.94.